The Balaban J connectivity index is 2.44. The Morgan fingerprint density at radius 1 is 1.42 bits per heavy atom. The molecular formula is C14H18N4O. The number of nitrogens with zero attached hydrogens (tertiary/aromatic N) is 3. The van der Waals surface area contributed by atoms with Gasteiger partial charge >= 0.3 is 0 Å². The van der Waals surface area contributed by atoms with Crippen LogP contribution in [0.1, 0.15) is 23.0 Å². The third kappa shape index (κ3) is 2.31. The van der Waals surface area contributed by atoms with Gasteiger partial charge in [-0.2, -0.15) is 5.10 Å². The van der Waals surface area contributed by atoms with Crippen LogP contribution in [0.2, 0.25) is 0 Å². The van der Waals surface area contributed by atoms with Gasteiger partial charge in [-0.15, -0.1) is 0 Å². The molecule has 0 aliphatic rings. The van der Waals surface area contributed by atoms with Crippen molar-refractivity contribution >= 4 is 17.3 Å². The van der Waals surface area contributed by atoms with E-state index in [1.165, 1.54) is 10.9 Å². The van der Waals surface area contributed by atoms with Crippen molar-refractivity contribution in [1.82, 2.24) is 9.78 Å². The highest BCUT2D eigenvalue weighted by Crippen LogP contribution is 2.22. The zero-order chi connectivity index (χ0) is 14.0. The standard InChI is InChI=1S/C14H18N4O/c1-4-18(12-8-6-5-7-10(12)2)14(19)13-11(15)9-16-17(13)3/h5-9H,4,15H2,1-3H3. The number of nitrogen functional groups attached to an aromatic ring is 1. The average Bonchev–Trinajstić information content (AvgIpc) is 2.72. The van der Waals surface area contributed by atoms with Gasteiger partial charge in [0.05, 0.1) is 11.9 Å². The van der Waals surface area contributed by atoms with Crippen molar-refractivity contribution in [3.05, 3.63) is 41.7 Å². The van der Waals surface area contributed by atoms with Gasteiger partial charge in [0, 0.05) is 19.3 Å². The molecule has 0 radical (unpaired) electrons. The molecule has 19 heavy (non-hydrogen) atoms. The number of hydrogen-bond acceptors (Lipinski definition) is 3. The van der Waals surface area contributed by atoms with Gasteiger partial charge in [0.1, 0.15) is 5.69 Å². The number of nitrogens with two attached hydrogens (primary N) is 1. The van der Waals surface area contributed by atoms with Crippen LogP contribution in [0.3, 0.4) is 0 Å². The molecule has 0 spiro atoms. The number of hydrogen-bond donors (Lipinski definition) is 1. The highest BCUT2D eigenvalue weighted by molar-refractivity contribution is 6.08. The lowest BCUT2D eigenvalue weighted by Crippen LogP contribution is -2.33. The van der Waals surface area contributed by atoms with E-state index >= 15 is 0 Å². The summed E-state index contributed by atoms with van der Waals surface area (Å²) in [5, 5.41) is 4.01. The smallest absolute Gasteiger partial charge is 0.278 e. The number of benzene rings is 1. The first-order valence-electron chi connectivity index (χ1n) is 6.21. The number of aryl methyl sites for hydroxylation is 2. The largest absolute Gasteiger partial charge is 0.396 e. The van der Waals surface area contributed by atoms with Gasteiger partial charge in [-0.3, -0.25) is 9.48 Å². The molecule has 5 nitrogen and oxygen atoms in total. The van der Waals surface area contributed by atoms with Crippen LogP contribution in [0.15, 0.2) is 30.5 Å². The van der Waals surface area contributed by atoms with E-state index in [1.807, 2.05) is 38.1 Å². The highest BCUT2D eigenvalue weighted by atomic mass is 16.2. The molecule has 0 aliphatic carbocycles. The SMILES string of the molecule is CCN(C(=O)c1c(N)cnn1C)c1ccccc1C. The first-order chi connectivity index (χ1) is 9.06. The van der Waals surface area contributed by atoms with Crippen LogP contribution in [0.25, 0.3) is 0 Å². The van der Waals surface area contributed by atoms with E-state index in [0.29, 0.717) is 17.9 Å². The molecule has 100 valence electrons. The molecular weight excluding hydrogens is 240 g/mol. The zero-order valence-electron chi connectivity index (χ0n) is 11.4. The lowest BCUT2D eigenvalue weighted by Gasteiger charge is -2.23. The highest BCUT2D eigenvalue weighted by Gasteiger charge is 2.22. The Morgan fingerprint density at radius 2 is 2.11 bits per heavy atom. The van der Waals surface area contributed by atoms with Crippen LogP contribution >= 0.6 is 0 Å². The van der Waals surface area contributed by atoms with Gasteiger partial charge in [0.2, 0.25) is 0 Å². The summed E-state index contributed by atoms with van der Waals surface area (Å²) in [4.78, 5) is 14.3. The number of anilines is 2. The molecule has 0 fully saturated rings. The summed E-state index contributed by atoms with van der Waals surface area (Å²) in [6, 6.07) is 7.79. The van der Waals surface area contributed by atoms with Crippen molar-refractivity contribution in [3.63, 3.8) is 0 Å². The predicted molar refractivity (Wildman–Crippen MR) is 76.1 cm³/mol. The number of carbonyl (C=O) groups is 1. The Labute approximate surface area is 112 Å². The van der Waals surface area contributed by atoms with Gasteiger partial charge in [-0.25, -0.2) is 0 Å². The third-order valence-corrected chi connectivity index (χ3v) is 3.14. The summed E-state index contributed by atoms with van der Waals surface area (Å²) in [5.74, 6) is -0.130. The lowest BCUT2D eigenvalue weighted by atomic mass is 10.1. The van der Waals surface area contributed by atoms with Gasteiger partial charge in [0.15, 0.2) is 0 Å². The van der Waals surface area contributed by atoms with Crippen LogP contribution < -0.4 is 10.6 Å². The van der Waals surface area contributed by atoms with Gasteiger partial charge in [-0.1, -0.05) is 18.2 Å². The normalized spacial score (nSPS) is 10.5. The quantitative estimate of drug-likeness (QED) is 0.915. The summed E-state index contributed by atoms with van der Waals surface area (Å²) in [5.41, 5.74) is 8.60. The van der Waals surface area contributed by atoms with Gasteiger partial charge in [0.25, 0.3) is 5.91 Å². The molecule has 2 N–H and O–H groups in total. The van der Waals surface area contributed by atoms with Crippen LogP contribution in [0.4, 0.5) is 11.4 Å². The third-order valence-electron chi connectivity index (χ3n) is 3.14. The maximum atomic E-state index is 12.6. The summed E-state index contributed by atoms with van der Waals surface area (Å²) < 4.78 is 1.51. The Bertz CT molecular complexity index is 584. The number of amides is 1. The Morgan fingerprint density at radius 3 is 2.63 bits per heavy atom. The second-order valence-electron chi connectivity index (χ2n) is 4.41. The van der Waals surface area contributed by atoms with Crippen LogP contribution in [0.5, 0.6) is 0 Å². The fourth-order valence-corrected chi connectivity index (χ4v) is 2.13. The second-order valence-corrected chi connectivity index (χ2v) is 4.41. The fraction of sp³-hybridized carbons (Fsp3) is 0.286. The number of para-hydroxylation sites is 1. The van der Waals surface area contributed by atoms with E-state index in [1.54, 1.807) is 11.9 Å². The van der Waals surface area contributed by atoms with Crippen molar-refractivity contribution in [1.29, 1.82) is 0 Å². The second kappa shape index (κ2) is 5.14. The summed E-state index contributed by atoms with van der Waals surface area (Å²) >= 11 is 0. The minimum atomic E-state index is -0.130. The average molecular weight is 258 g/mol. The molecule has 0 unspecified atom stereocenters. The first kappa shape index (κ1) is 13.1. The van der Waals surface area contributed by atoms with Crippen molar-refractivity contribution in [2.24, 2.45) is 7.05 Å². The molecule has 2 rings (SSSR count). The van der Waals surface area contributed by atoms with Gasteiger partial charge < -0.3 is 10.6 Å². The minimum absolute atomic E-state index is 0.130. The molecule has 2 aromatic rings. The molecule has 0 bridgehead atoms. The lowest BCUT2D eigenvalue weighted by molar-refractivity contribution is 0.0980. The molecule has 5 heteroatoms. The van der Waals surface area contributed by atoms with Crippen LogP contribution in [-0.4, -0.2) is 22.2 Å². The van der Waals surface area contributed by atoms with E-state index < -0.39 is 0 Å². The number of carbonyl (C=O) groups excluding carboxylic acids is 1. The first-order valence-corrected chi connectivity index (χ1v) is 6.21. The fourth-order valence-electron chi connectivity index (χ4n) is 2.13. The van der Waals surface area contributed by atoms with Crippen LogP contribution in [0, 0.1) is 6.92 Å². The topological polar surface area (TPSA) is 64.2 Å². The monoisotopic (exact) mass is 258 g/mol. The summed E-state index contributed by atoms with van der Waals surface area (Å²) in [6.07, 6.45) is 1.50. The minimum Gasteiger partial charge on any atom is -0.396 e. The van der Waals surface area contributed by atoms with E-state index in [4.69, 9.17) is 5.73 Å². The molecule has 1 heterocycles. The predicted octanol–water partition coefficient (Wildman–Crippen LogP) is 1.98. The van der Waals surface area contributed by atoms with E-state index in [9.17, 15) is 4.79 Å². The van der Waals surface area contributed by atoms with Crippen molar-refractivity contribution in [2.75, 3.05) is 17.2 Å². The van der Waals surface area contributed by atoms with Crippen molar-refractivity contribution in [3.8, 4) is 0 Å². The molecule has 1 aromatic heterocycles. The van der Waals surface area contributed by atoms with Crippen molar-refractivity contribution in [2.45, 2.75) is 13.8 Å². The summed E-state index contributed by atoms with van der Waals surface area (Å²) in [6.45, 7) is 4.50. The molecule has 1 aromatic carbocycles. The van der Waals surface area contributed by atoms with E-state index in [2.05, 4.69) is 5.10 Å². The van der Waals surface area contributed by atoms with Crippen molar-refractivity contribution < 1.29 is 4.79 Å². The molecule has 0 saturated carbocycles. The molecule has 0 atom stereocenters. The maximum absolute atomic E-state index is 12.6. The Hall–Kier alpha value is -2.30. The zero-order valence-corrected chi connectivity index (χ0v) is 11.4. The Kier molecular flexibility index (Phi) is 3.55. The molecule has 0 aliphatic heterocycles. The number of aromatic nitrogens is 2. The molecule has 1 amide bonds. The van der Waals surface area contributed by atoms with Gasteiger partial charge in [-0.05, 0) is 25.5 Å². The summed E-state index contributed by atoms with van der Waals surface area (Å²) in [7, 11) is 1.72. The van der Waals surface area contributed by atoms with Crippen LogP contribution in [-0.2, 0) is 7.05 Å². The number of rotatable bonds is 3. The van der Waals surface area contributed by atoms with E-state index in [0.717, 1.165) is 11.3 Å². The van der Waals surface area contributed by atoms with E-state index in [-0.39, 0.29) is 5.91 Å². The molecule has 0 saturated heterocycles. The maximum Gasteiger partial charge on any atom is 0.278 e.